The highest BCUT2D eigenvalue weighted by Gasteiger charge is 2.26. The van der Waals surface area contributed by atoms with Crippen LogP contribution in [0.2, 0.25) is 5.02 Å². The van der Waals surface area contributed by atoms with E-state index in [4.69, 9.17) is 16.4 Å². The summed E-state index contributed by atoms with van der Waals surface area (Å²) in [7, 11) is -1.12. The largest absolute Gasteiger partial charge is 0.376 e. The molecule has 15 heteroatoms. The molecule has 1 amide bonds. The van der Waals surface area contributed by atoms with Crippen LogP contribution in [0.5, 0.6) is 0 Å². The van der Waals surface area contributed by atoms with Gasteiger partial charge in [0.15, 0.2) is 0 Å². The minimum Gasteiger partial charge on any atom is -0.376 e. The van der Waals surface area contributed by atoms with Gasteiger partial charge in [0.1, 0.15) is 5.69 Å². The lowest BCUT2D eigenvalue weighted by Crippen LogP contribution is -2.33. The molecule has 1 unspecified atom stereocenters. The molecule has 1 aromatic heterocycles. The number of rotatable bonds is 16. The number of anilines is 1. The van der Waals surface area contributed by atoms with Gasteiger partial charge in [0.05, 0.1) is 16.9 Å². The van der Waals surface area contributed by atoms with Gasteiger partial charge in [0.25, 0.3) is 21.6 Å². The number of hydroxylamine groups is 2. The second-order valence-corrected chi connectivity index (χ2v) is 17.3. The number of hydrogen-bond donors (Lipinski definition) is 2. The van der Waals surface area contributed by atoms with Crippen LogP contribution in [0.25, 0.3) is 22.0 Å². The van der Waals surface area contributed by atoms with Crippen molar-refractivity contribution in [3.05, 3.63) is 153 Å². The van der Waals surface area contributed by atoms with E-state index in [0.29, 0.717) is 30.3 Å². The zero-order valence-corrected chi connectivity index (χ0v) is 34.4. The van der Waals surface area contributed by atoms with Gasteiger partial charge in [0, 0.05) is 89.7 Å². The molecule has 1 atom stereocenters. The minimum absolute atomic E-state index is 0.153. The summed E-state index contributed by atoms with van der Waals surface area (Å²) in [6.45, 7) is 3.57. The number of hydrogen-bond acceptors (Lipinski definition) is 10. The summed E-state index contributed by atoms with van der Waals surface area (Å²) < 4.78 is 31.4. The first-order valence-electron chi connectivity index (χ1n) is 18.7. The quantitative estimate of drug-likeness (QED) is 0.0555. The molecule has 1 aliphatic rings. The van der Waals surface area contributed by atoms with Crippen molar-refractivity contribution in [2.45, 2.75) is 41.9 Å². The maximum atomic E-state index is 13.5. The zero-order chi connectivity index (χ0) is 40.8. The van der Waals surface area contributed by atoms with E-state index in [-0.39, 0.29) is 17.3 Å². The number of benzene rings is 5. The van der Waals surface area contributed by atoms with Gasteiger partial charge in [-0.25, -0.2) is 13.1 Å². The molecule has 2 heterocycles. The van der Waals surface area contributed by atoms with Crippen molar-refractivity contribution in [1.29, 1.82) is 0 Å². The van der Waals surface area contributed by atoms with Crippen LogP contribution in [0.1, 0.15) is 28.0 Å². The summed E-state index contributed by atoms with van der Waals surface area (Å²) >= 11 is 7.74. The molecular weight excluding hydrogens is 796 g/mol. The third-order valence-corrected chi connectivity index (χ3v) is 13.0. The Morgan fingerprint density at radius 3 is 2.48 bits per heavy atom. The Bertz CT molecular complexity index is 2530. The van der Waals surface area contributed by atoms with Gasteiger partial charge in [-0.3, -0.25) is 19.8 Å². The Hall–Kier alpha value is -5.22. The van der Waals surface area contributed by atoms with E-state index in [1.807, 2.05) is 78.9 Å². The van der Waals surface area contributed by atoms with Gasteiger partial charge in [-0.1, -0.05) is 66.2 Å². The van der Waals surface area contributed by atoms with E-state index < -0.39 is 31.4 Å². The van der Waals surface area contributed by atoms with Gasteiger partial charge in [-0.05, 0) is 83.8 Å². The number of nitro groups is 1. The number of carbonyl (C=O) groups is 1. The van der Waals surface area contributed by atoms with Gasteiger partial charge >= 0.3 is 0 Å². The first-order valence-corrected chi connectivity index (χ1v) is 21.6. The predicted octanol–water partition coefficient (Wildman–Crippen LogP) is 8.46. The monoisotopic (exact) mass is 838 g/mol. The van der Waals surface area contributed by atoms with E-state index in [2.05, 4.69) is 31.6 Å². The van der Waals surface area contributed by atoms with Crippen molar-refractivity contribution < 1.29 is 23.0 Å². The molecule has 0 aliphatic carbocycles. The van der Waals surface area contributed by atoms with Gasteiger partial charge in [0.2, 0.25) is 0 Å². The Labute approximate surface area is 346 Å². The molecule has 0 radical (unpaired) electrons. The fourth-order valence-electron chi connectivity index (χ4n) is 7.11. The van der Waals surface area contributed by atoms with E-state index in [9.17, 15) is 23.3 Å². The highest BCUT2D eigenvalue weighted by Crippen LogP contribution is 2.32. The summed E-state index contributed by atoms with van der Waals surface area (Å²) in [6.07, 6.45) is 0.588. The standard InChI is InChI=1S/C43H43ClN6O6S2/c1-47(56-2)21-20-35(29-57-37-9-4-3-5-10-37)45-40-18-17-38(26-42(40)50(52)53)58(54,55)46-43(51)31-14-19-41-33(24-31)25-36-28-48(22-23-49(36)41)27-32-8-6-7-11-39(32)30-12-15-34(44)16-13-30/h3-19,24-26,35,45H,20-23,27-29H2,1-2H3,(H,46,51). The number of fused-ring (bicyclic) bond motifs is 3. The summed E-state index contributed by atoms with van der Waals surface area (Å²) in [5.41, 5.74) is 5.40. The minimum atomic E-state index is -4.48. The fourth-order valence-corrected chi connectivity index (χ4v) is 9.22. The Balaban J connectivity index is 1.04. The van der Waals surface area contributed by atoms with Crippen molar-refractivity contribution in [2.75, 3.05) is 38.3 Å². The number of sulfonamides is 1. The third kappa shape index (κ3) is 9.72. The van der Waals surface area contributed by atoms with Crippen molar-refractivity contribution in [3.8, 4) is 11.1 Å². The molecule has 6 aromatic rings. The summed E-state index contributed by atoms with van der Waals surface area (Å²) in [6, 6.07) is 36.5. The molecule has 5 aromatic carbocycles. The van der Waals surface area contributed by atoms with Crippen LogP contribution in [0, 0.1) is 10.1 Å². The molecule has 300 valence electrons. The molecule has 0 spiro atoms. The summed E-state index contributed by atoms with van der Waals surface area (Å²) in [5.74, 6) is -0.251. The first kappa shape index (κ1) is 41.0. The summed E-state index contributed by atoms with van der Waals surface area (Å²) in [4.78, 5) is 33.4. The number of nitrogens with one attached hydrogen (secondary N) is 2. The van der Waals surface area contributed by atoms with Crippen LogP contribution >= 0.6 is 23.4 Å². The maximum absolute atomic E-state index is 13.5. The van der Waals surface area contributed by atoms with Crippen LogP contribution in [0.15, 0.2) is 131 Å². The fraction of sp³-hybridized carbons (Fsp3) is 0.233. The second-order valence-electron chi connectivity index (χ2n) is 14.1. The molecule has 1 aliphatic heterocycles. The number of thioether (sulfide) groups is 1. The van der Waals surface area contributed by atoms with Gasteiger partial charge in [-0.15, -0.1) is 11.8 Å². The molecule has 0 bridgehead atoms. The topological polar surface area (TPSA) is 139 Å². The number of nitrogens with zero attached hydrogens (tertiary/aromatic N) is 4. The van der Waals surface area contributed by atoms with Crippen molar-refractivity contribution >= 4 is 61.6 Å². The molecule has 7 rings (SSSR count). The van der Waals surface area contributed by atoms with E-state index in [1.54, 1.807) is 43.1 Å². The Morgan fingerprint density at radius 2 is 1.72 bits per heavy atom. The number of aromatic nitrogens is 1. The van der Waals surface area contributed by atoms with Crippen molar-refractivity contribution in [1.82, 2.24) is 19.3 Å². The number of nitro benzene ring substituents is 1. The zero-order valence-electron chi connectivity index (χ0n) is 32.0. The van der Waals surface area contributed by atoms with Crippen molar-refractivity contribution in [2.24, 2.45) is 0 Å². The van der Waals surface area contributed by atoms with Gasteiger partial charge < -0.3 is 14.7 Å². The average Bonchev–Trinajstić information content (AvgIpc) is 3.59. The highest BCUT2D eigenvalue weighted by molar-refractivity contribution is 7.99. The van der Waals surface area contributed by atoms with Crippen LogP contribution in [0.4, 0.5) is 11.4 Å². The number of halogens is 1. The normalized spacial score (nSPS) is 13.7. The molecule has 2 N–H and O–H groups in total. The Morgan fingerprint density at radius 1 is 0.966 bits per heavy atom. The molecule has 58 heavy (non-hydrogen) atoms. The highest BCUT2D eigenvalue weighted by atomic mass is 35.5. The van der Waals surface area contributed by atoms with Gasteiger partial charge in [-0.2, -0.15) is 5.06 Å². The molecular formula is C43H43ClN6O6S2. The van der Waals surface area contributed by atoms with E-state index >= 15 is 0 Å². The molecule has 0 saturated carbocycles. The lowest BCUT2D eigenvalue weighted by atomic mass is 9.99. The van der Waals surface area contributed by atoms with Crippen LogP contribution in [0.3, 0.4) is 0 Å². The van der Waals surface area contributed by atoms with Crippen LogP contribution in [-0.4, -0.2) is 72.8 Å². The molecule has 12 nitrogen and oxygen atoms in total. The average molecular weight is 839 g/mol. The summed E-state index contributed by atoms with van der Waals surface area (Å²) in [5, 5.41) is 18.7. The van der Waals surface area contributed by atoms with Crippen LogP contribution in [-0.2, 0) is 34.5 Å². The van der Waals surface area contributed by atoms with Crippen LogP contribution < -0.4 is 10.0 Å². The maximum Gasteiger partial charge on any atom is 0.293 e. The SMILES string of the molecule is CON(C)CCC(CSc1ccccc1)Nc1ccc(S(=O)(=O)NC(=O)c2ccc3c(c2)cc2n3CCN(Cc3ccccc3-c3ccc(Cl)cc3)C2)cc1[N+](=O)[O-]. The lowest BCUT2D eigenvalue weighted by molar-refractivity contribution is -0.384. The number of carbonyl (C=O) groups excluding carboxylic acids is 1. The number of amides is 1. The van der Waals surface area contributed by atoms with E-state index in [0.717, 1.165) is 58.3 Å². The smallest absolute Gasteiger partial charge is 0.293 e. The second kappa shape index (κ2) is 18.1. The molecule has 0 saturated heterocycles. The molecule has 0 fully saturated rings. The van der Waals surface area contributed by atoms with E-state index in [1.165, 1.54) is 17.7 Å². The lowest BCUT2D eigenvalue weighted by Gasteiger charge is -2.29. The Kier molecular flexibility index (Phi) is 12.8. The van der Waals surface area contributed by atoms with Crippen molar-refractivity contribution in [3.63, 3.8) is 0 Å². The predicted molar refractivity (Wildman–Crippen MR) is 230 cm³/mol. The first-order chi connectivity index (χ1) is 28.0. The third-order valence-electron chi connectivity index (χ3n) is 10.2.